The molecule has 0 atom stereocenters. The molecule has 0 aliphatic heterocycles. The van der Waals surface area contributed by atoms with Gasteiger partial charge in [0.15, 0.2) is 5.82 Å². The molecule has 8 aromatic rings. The van der Waals surface area contributed by atoms with Gasteiger partial charge in [0, 0.05) is 22.3 Å². The van der Waals surface area contributed by atoms with Crippen LogP contribution in [0.1, 0.15) is 11.9 Å². The first-order valence-corrected chi connectivity index (χ1v) is 16.1. The number of nitrogens with zero attached hydrogens (tertiary/aromatic N) is 3. The van der Waals surface area contributed by atoms with E-state index in [2.05, 4.69) is 140 Å². The van der Waals surface area contributed by atoms with Gasteiger partial charge in [-0.2, -0.15) is 0 Å². The quantitative estimate of drug-likeness (QED) is 0.192. The monoisotopic (exact) mass is 595 g/mol. The van der Waals surface area contributed by atoms with Crippen molar-refractivity contribution in [3.8, 4) is 56.2 Å². The molecule has 45 heavy (non-hydrogen) atoms. The average molecular weight is 596 g/mol. The van der Waals surface area contributed by atoms with E-state index >= 15 is 0 Å². The van der Waals surface area contributed by atoms with E-state index in [-0.39, 0.29) is 0 Å². The summed E-state index contributed by atoms with van der Waals surface area (Å²) in [4.78, 5) is 15.3. The van der Waals surface area contributed by atoms with Crippen LogP contribution in [-0.4, -0.2) is 15.0 Å². The van der Waals surface area contributed by atoms with Crippen molar-refractivity contribution in [3.05, 3.63) is 151 Å². The molecule has 0 spiro atoms. The summed E-state index contributed by atoms with van der Waals surface area (Å²) in [7, 11) is 0. The molecule has 0 saturated carbocycles. The number of aryl methyl sites for hydroxylation is 1. The van der Waals surface area contributed by atoms with Crippen LogP contribution >= 0.6 is 11.3 Å². The lowest BCUT2D eigenvalue weighted by atomic mass is 9.87. The van der Waals surface area contributed by atoms with Crippen molar-refractivity contribution < 1.29 is 0 Å². The Morgan fingerprint density at radius 2 is 1.13 bits per heavy atom. The molecule has 214 valence electrons. The zero-order chi connectivity index (χ0) is 30.2. The summed E-state index contributed by atoms with van der Waals surface area (Å²) in [6, 6.07) is 51.0. The van der Waals surface area contributed by atoms with Crippen LogP contribution in [0.5, 0.6) is 0 Å². The molecule has 0 fully saturated rings. The normalized spacial score (nSPS) is 11.3. The van der Waals surface area contributed by atoms with E-state index in [1.165, 1.54) is 26.6 Å². The van der Waals surface area contributed by atoms with Crippen LogP contribution in [-0.2, 0) is 6.42 Å². The van der Waals surface area contributed by atoms with Crippen molar-refractivity contribution in [1.29, 1.82) is 0 Å². The van der Waals surface area contributed by atoms with Gasteiger partial charge in [-0.15, -0.1) is 11.3 Å². The van der Waals surface area contributed by atoms with Gasteiger partial charge >= 0.3 is 0 Å². The molecular formula is C41H29N3S. The molecule has 0 radical (unpaired) electrons. The second-order valence-corrected chi connectivity index (χ2v) is 12.1. The second-order valence-electron chi connectivity index (χ2n) is 11.1. The second kappa shape index (κ2) is 11.6. The van der Waals surface area contributed by atoms with Crippen molar-refractivity contribution in [2.75, 3.05) is 0 Å². The smallest absolute Gasteiger partial charge is 0.161 e. The Bertz CT molecular complexity index is 2250. The molecular weight excluding hydrogens is 567 g/mol. The van der Waals surface area contributed by atoms with Crippen molar-refractivity contribution in [2.24, 2.45) is 0 Å². The molecule has 0 N–H and O–H groups in total. The Balaban J connectivity index is 1.41. The molecule has 8 rings (SSSR count). The number of benzene rings is 6. The summed E-state index contributed by atoms with van der Waals surface area (Å²) in [5.74, 6) is 0.703. The number of thiazole rings is 1. The molecule has 2 aromatic heterocycles. The molecule has 0 aliphatic rings. The van der Waals surface area contributed by atoms with Crippen LogP contribution in [0.2, 0.25) is 0 Å². The third kappa shape index (κ3) is 4.99. The molecule has 0 unspecified atom stereocenters. The fourth-order valence-corrected chi connectivity index (χ4v) is 7.15. The summed E-state index contributed by atoms with van der Waals surface area (Å²) in [6.07, 6.45) is 0.919. The van der Waals surface area contributed by atoms with E-state index in [1.807, 2.05) is 12.1 Å². The minimum atomic E-state index is 0.703. The Morgan fingerprint density at radius 3 is 1.84 bits per heavy atom. The van der Waals surface area contributed by atoms with E-state index in [0.29, 0.717) is 5.82 Å². The summed E-state index contributed by atoms with van der Waals surface area (Å²) >= 11 is 1.80. The molecule has 0 bridgehead atoms. The number of aromatic nitrogens is 3. The maximum absolute atomic E-state index is 5.20. The lowest BCUT2D eigenvalue weighted by Crippen LogP contribution is -1.98. The van der Waals surface area contributed by atoms with Gasteiger partial charge in [-0.3, -0.25) is 0 Å². The van der Waals surface area contributed by atoms with Crippen LogP contribution in [0.15, 0.2) is 146 Å². The Labute approximate surface area is 266 Å². The van der Waals surface area contributed by atoms with Crippen LogP contribution in [0.25, 0.3) is 77.1 Å². The van der Waals surface area contributed by atoms with E-state index < -0.39 is 0 Å². The molecule has 4 heteroatoms. The van der Waals surface area contributed by atoms with E-state index in [4.69, 9.17) is 15.0 Å². The van der Waals surface area contributed by atoms with Gasteiger partial charge in [0.2, 0.25) is 0 Å². The highest BCUT2D eigenvalue weighted by molar-refractivity contribution is 7.19. The fraction of sp³-hybridized carbons (Fsp3) is 0.0488. The molecule has 2 heterocycles. The molecule has 0 amide bonds. The van der Waals surface area contributed by atoms with Gasteiger partial charge in [0.1, 0.15) is 0 Å². The van der Waals surface area contributed by atoms with Gasteiger partial charge in [-0.05, 0) is 46.0 Å². The van der Waals surface area contributed by atoms with Gasteiger partial charge in [0.25, 0.3) is 0 Å². The highest BCUT2D eigenvalue weighted by atomic mass is 32.1. The Kier molecular flexibility index (Phi) is 6.97. The molecule has 6 aromatic carbocycles. The number of fused-ring (bicyclic) bond motifs is 2. The van der Waals surface area contributed by atoms with Gasteiger partial charge in [-0.1, -0.05) is 140 Å². The minimum absolute atomic E-state index is 0.703. The van der Waals surface area contributed by atoms with Crippen LogP contribution in [0, 0.1) is 0 Å². The summed E-state index contributed by atoms with van der Waals surface area (Å²) in [6.45, 7) is 2.17. The van der Waals surface area contributed by atoms with Crippen LogP contribution in [0.3, 0.4) is 0 Å². The Hall–Kier alpha value is -5.45. The number of hydrogen-bond acceptors (Lipinski definition) is 4. The molecule has 3 nitrogen and oxygen atoms in total. The zero-order valence-electron chi connectivity index (χ0n) is 24.8. The highest BCUT2D eigenvalue weighted by Gasteiger charge is 2.20. The first kappa shape index (κ1) is 27.1. The predicted octanol–water partition coefficient (Wildman–Crippen LogP) is 11.1. The largest absolute Gasteiger partial charge is 0.241 e. The van der Waals surface area contributed by atoms with Gasteiger partial charge in [-0.25, -0.2) is 15.0 Å². The maximum Gasteiger partial charge on any atom is 0.161 e. The third-order valence-electron chi connectivity index (χ3n) is 8.28. The number of hydrogen-bond donors (Lipinski definition) is 0. The summed E-state index contributed by atoms with van der Waals surface area (Å²) in [5, 5.41) is 3.58. The zero-order valence-corrected chi connectivity index (χ0v) is 25.6. The molecule has 0 saturated heterocycles. The van der Waals surface area contributed by atoms with Crippen molar-refractivity contribution in [3.63, 3.8) is 0 Å². The average Bonchev–Trinajstić information content (AvgIpc) is 3.56. The van der Waals surface area contributed by atoms with Crippen LogP contribution in [0.4, 0.5) is 0 Å². The standard InChI is InChI=1S/C41H29N3S/c1-2-38-42-35-23-13-22-34(40(35)45-38)39-30-19-10-9-14-27(30)24-25-32(39)31-20-11-12-21-33(31)41-43-36(28-15-5-3-6-16-28)26-37(44-41)29-17-7-4-8-18-29/h3-26H,2H2,1H3. The van der Waals surface area contributed by atoms with Crippen molar-refractivity contribution in [1.82, 2.24) is 15.0 Å². The van der Waals surface area contributed by atoms with E-state index in [0.717, 1.165) is 56.2 Å². The molecule has 0 aliphatic carbocycles. The highest BCUT2D eigenvalue weighted by Crippen LogP contribution is 2.45. The van der Waals surface area contributed by atoms with Gasteiger partial charge in [0.05, 0.1) is 26.6 Å². The maximum atomic E-state index is 5.20. The minimum Gasteiger partial charge on any atom is -0.241 e. The van der Waals surface area contributed by atoms with E-state index in [1.54, 1.807) is 11.3 Å². The first-order valence-electron chi connectivity index (χ1n) is 15.3. The SMILES string of the molecule is CCc1nc2cccc(-c3c(-c4ccccc4-c4nc(-c5ccccc5)cc(-c5ccccc5)n4)ccc4ccccc34)c2s1. The summed E-state index contributed by atoms with van der Waals surface area (Å²) < 4.78 is 1.22. The Morgan fingerprint density at radius 1 is 0.511 bits per heavy atom. The van der Waals surface area contributed by atoms with Gasteiger partial charge < -0.3 is 0 Å². The fourth-order valence-electron chi connectivity index (χ4n) is 6.12. The lowest BCUT2D eigenvalue weighted by Gasteiger charge is -2.18. The number of rotatable bonds is 6. The predicted molar refractivity (Wildman–Crippen MR) is 189 cm³/mol. The third-order valence-corrected chi connectivity index (χ3v) is 9.53. The summed E-state index contributed by atoms with van der Waals surface area (Å²) in [5.41, 5.74) is 10.6. The topological polar surface area (TPSA) is 38.7 Å². The van der Waals surface area contributed by atoms with E-state index in [9.17, 15) is 0 Å². The lowest BCUT2D eigenvalue weighted by molar-refractivity contribution is 1.11. The first-order chi connectivity index (χ1) is 22.3. The van der Waals surface area contributed by atoms with Crippen LogP contribution < -0.4 is 0 Å². The van der Waals surface area contributed by atoms with Crippen molar-refractivity contribution in [2.45, 2.75) is 13.3 Å². The van der Waals surface area contributed by atoms with Crippen molar-refractivity contribution >= 4 is 32.3 Å².